The van der Waals surface area contributed by atoms with Crippen molar-refractivity contribution in [2.75, 3.05) is 11.5 Å². The van der Waals surface area contributed by atoms with E-state index in [4.69, 9.17) is 62.4 Å². The van der Waals surface area contributed by atoms with Crippen LogP contribution in [-0.4, -0.2) is 20.9 Å². The first-order chi connectivity index (χ1) is 19.6. The van der Waals surface area contributed by atoms with Crippen molar-refractivity contribution in [2.24, 2.45) is 0 Å². The molecule has 0 aliphatic carbocycles. The van der Waals surface area contributed by atoms with Gasteiger partial charge in [0.15, 0.2) is 17.4 Å². The fourth-order valence-electron chi connectivity index (χ4n) is 3.49. The monoisotopic (exact) mass is 769 g/mol. The highest BCUT2D eigenvalue weighted by Crippen LogP contribution is 2.35. The molecule has 0 aliphatic rings. The first kappa shape index (κ1) is 33.7. The number of nitrogens with two attached hydrogens (primary N) is 2. The maximum absolute atomic E-state index is 13.9. The molecule has 7 nitrogen and oxygen atoms in total. The SMILES string of the molecule is CC(=O)c1cc(Cl)cc(F)c1N.Cc1noc(-c2c(Cl)nc3c(F)cc(Cl)cc3c2C)n1.Nc1c(F)cc(Cl)cc1I. The minimum absolute atomic E-state index is 0.111. The third-order valence-electron chi connectivity index (χ3n) is 5.48. The molecule has 42 heavy (non-hydrogen) atoms. The van der Waals surface area contributed by atoms with Crippen molar-refractivity contribution >= 4 is 97.1 Å². The van der Waals surface area contributed by atoms with Gasteiger partial charge in [0.2, 0.25) is 0 Å². The summed E-state index contributed by atoms with van der Waals surface area (Å²) in [5.74, 6) is -1.21. The van der Waals surface area contributed by atoms with Gasteiger partial charge >= 0.3 is 0 Å². The zero-order valence-corrected chi connectivity index (χ0v) is 27.0. The number of halogens is 8. The number of pyridine rings is 1. The van der Waals surface area contributed by atoms with Gasteiger partial charge in [-0.2, -0.15) is 4.98 Å². The highest BCUT2D eigenvalue weighted by molar-refractivity contribution is 14.1. The Labute approximate surface area is 271 Å². The van der Waals surface area contributed by atoms with E-state index in [2.05, 4.69) is 15.1 Å². The molecule has 0 atom stereocenters. The third-order valence-corrected chi connectivity index (χ3v) is 7.30. The molecule has 5 aromatic rings. The van der Waals surface area contributed by atoms with Gasteiger partial charge in [0.1, 0.15) is 22.3 Å². The second-order valence-corrected chi connectivity index (χ2v) is 11.4. The van der Waals surface area contributed by atoms with Crippen molar-refractivity contribution < 1.29 is 22.5 Å². The van der Waals surface area contributed by atoms with Gasteiger partial charge in [-0.15, -0.1) is 0 Å². The molecule has 0 saturated heterocycles. The number of ketones is 1. The van der Waals surface area contributed by atoms with Crippen molar-refractivity contribution in [3.8, 4) is 11.5 Å². The van der Waals surface area contributed by atoms with E-state index in [-0.39, 0.29) is 49.3 Å². The Bertz CT molecular complexity index is 1800. The van der Waals surface area contributed by atoms with Crippen LogP contribution < -0.4 is 11.5 Å². The maximum atomic E-state index is 13.9. The number of hydrogen-bond donors (Lipinski definition) is 2. The quantitative estimate of drug-likeness (QED) is 0.0795. The molecule has 0 amide bonds. The lowest BCUT2D eigenvalue weighted by atomic mass is 10.0. The van der Waals surface area contributed by atoms with Crippen molar-refractivity contribution in [1.29, 1.82) is 0 Å². The van der Waals surface area contributed by atoms with Gasteiger partial charge in [-0.25, -0.2) is 18.2 Å². The number of carbonyl (C=O) groups excluding carboxylic acids is 1. The standard InChI is InChI=1S/C13H8Cl2FN3O.C8H7ClFNO.C6H4ClFIN/c1-5-8-3-7(14)4-9(16)11(8)18-12(15)10(5)13-17-6(2)19-20-13;1-4(12)6-2-5(9)3-7(10)8(6)11;7-3-1-4(8)6(10)5(9)2-3/h3-4H,1-2H3;2-3H,11H2,1H3;1-2H,10H2. The van der Waals surface area contributed by atoms with Crippen LogP contribution in [0.5, 0.6) is 0 Å². The molecule has 0 bridgehead atoms. The topological polar surface area (TPSA) is 121 Å². The summed E-state index contributed by atoms with van der Waals surface area (Å²) in [6, 6.07) is 8.06. The van der Waals surface area contributed by atoms with E-state index in [1.807, 2.05) is 22.6 Å². The molecule has 15 heteroatoms. The summed E-state index contributed by atoms with van der Waals surface area (Å²) in [5.41, 5.74) is 12.1. The Morgan fingerprint density at radius 2 is 1.38 bits per heavy atom. The summed E-state index contributed by atoms with van der Waals surface area (Å²) in [5, 5.41) is 5.22. The molecule has 0 saturated carbocycles. The fourth-order valence-corrected chi connectivity index (χ4v) is 5.18. The van der Waals surface area contributed by atoms with Crippen LogP contribution >= 0.6 is 69.0 Å². The number of fused-ring (bicyclic) bond motifs is 1. The fraction of sp³-hybridized carbons (Fsp3) is 0.111. The summed E-state index contributed by atoms with van der Waals surface area (Å²) < 4.78 is 45.1. The van der Waals surface area contributed by atoms with Gasteiger partial charge in [-0.3, -0.25) is 4.79 Å². The normalized spacial score (nSPS) is 10.5. The second kappa shape index (κ2) is 14.1. The highest BCUT2D eigenvalue weighted by Gasteiger charge is 2.20. The molecule has 2 heterocycles. The van der Waals surface area contributed by atoms with Crippen molar-refractivity contribution in [3.63, 3.8) is 0 Å². The van der Waals surface area contributed by atoms with Gasteiger partial charge in [0.05, 0.1) is 16.9 Å². The Kier molecular flexibility index (Phi) is 11.3. The van der Waals surface area contributed by atoms with Crippen LogP contribution in [0.15, 0.2) is 40.9 Å². The van der Waals surface area contributed by atoms with Gasteiger partial charge in [0, 0.05) is 29.6 Å². The largest absolute Gasteiger partial charge is 0.396 e. The Hall–Kier alpha value is -2.84. The van der Waals surface area contributed by atoms with Gasteiger partial charge in [-0.05, 0) is 85.3 Å². The average molecular weight is 771 g/mol. The van der Waals surface area contributed by atoms with E-state index in [0.29, 0.717) is 30.9 Å². The van der Waals surface area contributed by atoms with E-state index in [0.717, 1.165) is 6.07 Å². The van der Waals surface area contributed by atoms with Crippen molar-refractivity contribution in [1.82, 2.24) is 15.1 Å². The molecule has 0 aliphatic heterocycles. The number of anilines is 2. The lowest BCUT2D eigenvalue weighted by Crippen LogP contribution is -2.02. The minimum Gasteiger partial charge on any atom is -0.396 e. The maximum Gasteiger partial charge on any atom is 0.261 e. The van der Waals surface area contributed by atoms with Crippen LogP contribution in [0.3, 0.4) is 0 Å². The van der Waals surface area contributed by atoms with Crippen LogP contribution in [-0.2, 0) is 0 Å². The first-order valence-corrected chi connectivity index (χ1v) is 14.1. The van der Waals surface area contributed by atoms with Crippen LogP contribution in [0.2, 0.25) is 20.2 Å². The number of nitrogen functional groups attached to an aromatic ring is 2. The predicted octanol–water partition coefficient (Wildman–Crippen LogP) is 9.28. The number of hydrogen-bond acceptors (Lipinski definition) is 7. The van der Waals surface area contributed by atoms with Crippen LogP contribution in [0.1, 0.15) is 28.7 Å². The van der Waals surface area contributed by atoms with E-state index in [1.54, 1.807) is 26.0 Å². The molecule has 0 spiro atoms. The Morgan fingerprint density at radius 1 is 0.833 bits per heavy atom. The number of Topliss-reactive ketones (excluding diaryl/α,β-unsaturated/α-hetero) is 1. The number of carbonyl (C=O) groups is 1. The first-order valence-electron chi connectivity index (χ1n) is 11.5. The van der Waals surface area contributed by atoms with Crippen molar-refractivity contribution in [2.45, 2.75) is 20.8 Å². The number of aromatic nitrogens is 3. The summed E-state index contributed by atoms with van der Waals surface area (Å²) >= 11 is 25.0. The molecule has 0 unspecified atom stereocenters. The van der Waals surface area contributed by atoms with Gasteiger partial charge in [-0.1, -0.05) is 51.6 Å². The Morgan fingerprint density at radius 3 is 1.93 bits per heavy atom. The van der Waals surface area contributed by atoms with Crippen LogP contribution in [0.4, 0.5) is 24.5 Å². The molecule has 3 aromatic carbocycles. The highest BCUT2D eigenvalue weighted by atomic mass is 127. The summed E-state index contributed by atoms with van der Waals surface area (Å²) in [4.78, 5) is 19.1. The summed E-state index contributed by atoms with van der Waals surface area (Å²) in [6.07, 6.45) is 0. The lowest BCUT2D eigenvalue weighted by Gasteiger charge is -2.09. The van der Waals surface area contributed by atoms with E-state index in [1.165, 1.54) is 25.1 Å². The Balaban J connectivity index is 0.000000188. The van der Waals surface area contributed by atoms with Gasteiger partial charge < -0.3 is 16.0 Å². The third kappa shape index (κ3) is 7.95. The molecule has 220 valence electrons. The molecule has 0 fully saturated rings. The number of benzene rings is 3. The summed E-state index contributed by atoms with van der Waals surface area (Å²) in [6.45, 7) is 4.78. The zero-order valence-electron chi connectivity index (χ0n) is 21.8. The molecule has 0 radical (unpaired) electrons. The molecule has 2 aromatic heterocycles. The molecule has 5 rings (SSSR count). The van der Waals surface area contributed by atoms with Crippen molar-refractivity contribution in [3.05, 3.63) is 94.6 Å². The summed E-state index contributed by atoms with van der Waals surface area (Å²) in [7, 11) is 0. The van der Waals surface area contributed by atoms with E-state index < -0.39 is 17.5 Å². The number of aryl methyl sites for hydroxylation is 2. The van der Waals surface area contributed by atoms with Gasteiger partial charge in [0.25, 0.3) is 5.89 Å². The smallest absolute Gasteiger partial charge is 0.261 e. The number of nitrogens with zero attached hydrogens (tertiary/aromatic N) is 3. The average Bonchev–Trinajstić information content (AvgIpc) is 3.31. The lowest BCUT2D eigenvalue weighted by molar-refractivity contribution is 0.101. The second-order valence-electron chi connectivity index (χ2n) is 8.52. The molecular weight excluding hydrogens is 752 g/mol. The van der Waals surface area contributed by atoms with Crippen LogP contribution in [0.25, 0.3) is 22.4 Å². The minimum atomic E-state index is -0.660. The zero-order chi connectivity index (χ0) is 31.5. The predicted molar refractivity (Wildman–Crippen MR) is 169 cm³/mol. The van der Waals surface area contributed by atoms with E-state index in [9.17, 15) is 18.0 Å². The molecular formula is C27H19Cl4F3IN5O2. The van der Waals surface area contributed by atoms with Crippen LogP contribution in [0, 0.1) is 34.9 Å². The number of rotatable bonds is 2. The molecule has 4 N–H and O–H groups in total. The van der Waals surface area contributed by atoms with E-state index >= 15 is 0 Å².